The van der Waals surface area contributed by atoms with Gasteiger partial charge in [-0.05, 0) is 31.2 Å². The van der Waals surface area contributed by atoms with Gasteiger partial charge >= 0.3 is 7.52 Å². The number of imidazole rings is 1. The number of aromatic nitrogens is 4. The molecular weight excluding hydrogens is 463 g/mol. The number of hydrogen-bond donors (Lipinski definition) is 4. The monoisotopic (exact) mass is 494 g/mol. The SMILES string of the molecule is CC(C)[SH]=C(O)[C@H](C)NP(=O)(CO[C@H](C)Cn1cnc2c(N)ncnc21)Oc1ccccc1. The number of benzene rings is 1. The average molecular weight is 495 g/mol. The van der Waals surface area contributed by atoms with Crippen molar-refractivity contribution < 1.29 is 18.9 Å². The van der Waals surface area contributed by atoms with Crippen LogP contribution in [0.3, 0.4) is 0 Å². The number of hydrogen-bond acceptors (Lipinski definition) is 7. The molecule has 0 aliphatic rings. The number of nitrogens with zero attached hydrogens (tertiary/aromatic N) is 4. The highest BCUT2D eigenvalue weighted by Crippen LogP contribution is 2.44. The Balaban J connectivity index is 1.72. The number of anilines is 1. The van der Waals surface area contributed by atoms with Crippen molar-refractivity contribution in [2.24, 2.45) is 0 Å². The standard InChI is InChI=1S/C21H31N6O4PS/c1-14(2)33-21(28)16(4)26-32(29,31-17-8-6-5-7-9-17)13-30-15(3)10-27-12-25-18-19(22)23-11-24-20(18)27/h5-9,11-12,14-16,28,33H,10,13H2,1-4H3,(H,26,29)(H2,22,23,24)/t15-,16+,32?/m1/s1. The van der Waals surface area contributed by atoms with Gasteiger partial charge in [-0.3, -0.25) is 4.57 Å². The molecule has 0 bridgehead atoms. The molecule has 0 amide bonds. The Hall–Kier alpha value is -2.30. The minimum atomic E-state index is -3.52. The Morgan fingerprint density at radius 1 is 1.21 bits per heavy atom. The minimum absolute atomic E-state index is 0.191. The second kappa shape index (κ2) is 11.2. The van der Waals surface area contributed by atoms with E-state index >= 15 is 0 Å². The molecule has 2 heterocycles. The third-order valence-corrected chi connectivity index (χ3v) is 7.52. The highest BCUT2D eigenvalue weighted by Gasteiger charge is 2.29. The zero-order chi connectivity index (χ0) is 24.0. The van der Waals surface area contributed by atoms with Crippen molar-refractivity contribution in [3.63, 3.8) is 0 Å². The highest BCUT2D eigenvalue weighted by atomic mass is 32.1. The molecule has 3 rings (SSSR count). The summed E-state index contributed by atoms with van der Waals surface area (Å²) in [6.45, 7) is 8.00. The lowest BCUT2D eigenvalue weighted by molar-refractivity contribution is 0.0821. The van der Waals surface area contributed by atoms with Crippen molar-refractivity contribution in [3.05, 3.63) is 43.0 Å². The molecule has 0 radical (unpaired) electrons. The Bertz CT molecular complexity index is 1140. The maximum Gasteiger partial charge on any atom is 0.342 e. The summed E-state index contributed by atoms with van der Waals surface area (Å²) in [6.07, 6.45) is 2.47. The van der Waals surface area contributed by atoms with E-state index in [1.54, 1.807) is 42.1 Å². The van der Waals surface area contributed by atoms with Crippen molar-refractivity contribution in [1.29, 1.82) is 0 Å². The Labute approximate surface area is 197 Å². The van der Waals surface area contributed by atoms with Crippen molar-refractivity contribution in [2.75, 3.05) is 12.1 Å². The summed E-state index contributed by atoms with van der Waals surface area (Å²) in [5.74, 6) is 0.758. The normalized spacial score (nSPS) is 16.2. The molecule has 0 aliphatic carbocycles. The van der Waals surface area contributed by atoms with Crippen molar-refractivity contribution in [1.82, 2.24) is 24.6 Å². The molecule has 1 aromatic carbocycles. The summed E-state index contributed by atoms with van der Waals surface area (Å²) < 4.78 is 27.3. The van der Waals surface area contributed by atoms with Gasteiger partial charge in [-0.25, -0.2) is 20.0 Å². The smallest absolute Gasteiger partial charge is 0.342 e. The predicted octanol–water partition coefficient (Wildman–Crippen LogP) is 3.58. The molecule has 2 aromatic heterocycles. The number of rotatable bonds is 11. The minimum Gasteiger partial charge on any atom is -0.431 e. The van der Waals surface area contributed by atoms with E-state index in [0.29, 0.717) is 29.3 Å². The van der Waals surface area contributed by atoms with Gasteiger partial charge in [0.15, 0.2) is 11.5 Å². The fraction of sp³-hybridized carbons (Fsp3) is 0.429. The molecule has 33 heavy (non-hydrogen) atoms. The average Bonchev–Trinajstić information content (AvgIpc) is 3.16. The highest BCUT2D eigenvalue weighted by molar-refractivity contribution is 7.99. The first kappa shape index (κ1) is 25.3. The van der Waals surface area contributed by atoms with Crippen LogP contribution in [0, 0.1) is 0 Å². The van der Waals surface area contributed by atoms with Gasteiger partial charge < -0.3 is 24.7 Å². The van der Waals surface area contributed by atoms with Gasteiger partial charge in [0, 0.05) is 0 Å². The maximum atomic E-state index is 13.7. The van der Waals surface area contributed by atoms with Crippen LogP contribution in [0.15, 0.2) is 43.0 Å². The summed E-state index contributed by atoms with van der Waals surface area (Å²) in [5.41, 5.74) is 6.97. The first-order chi connectivity index (χ1) is 15.7. The van der Waals surface area contributed by atoms with Crippen molar-refractivity contribution in [2.45, 2.75) is 51.6 Å². The second-order valence-corrected chi connectivity index (χ2v) is 11.7. The molecule has 3 atom stereocenters. The third-order valence-electron chi connectivity index (χ3n) is 4.58. The van der Waals surface area contributed by atoms with E-state index in [1.165, 1.54) is 6.33 Å². The van der Waals surface area contributed by atoms with Crippen LogP contribution in [0.2, 0.25) is 0 Å². The van der Waals surface area contributed by atoms with Crippen LogP contribution >= 0.6 is 18.9 Å². The molecule has 0 saturated carbocycles. The molecule has 0 saturated heterocycles. The van der Waals surface area contributed by atoms with E-state index in [1.807, 2.05) is 26.8 Å². The zero-order valence-corrected chi connectivity index (χ0v) is 20.9. The molecule has 180 valence electrons. The second-order valence-electron chi connectivity index (χ2n) is 7.94. The number of para-hydroxylation sites is 1. The van der Waals surface area contributed by atoms with E-state index in [4.69, 9.17) is 15.0 Å². The molecule has 10 nitrogen and oxygen atoms in total. The Morgan fingerprint density at radius 2 is 1.94 bits per heavy atom. The van der Waals surface area contributed by atoms with Gasteiger partial charge in [-0.1, -0.05) is 32.0 Å². The number of nitrogens with two attached hydrogens (primary N) is 1. The third kappa shape index (κ3) is 7.09. The van der Waals surface area contributed by atoms with Crippen LogP contribution in [-0.4, -0.2) is 53.4 Å². The van der Waals surface area contributed by atoms with Gasteiger partial charge in [0.2, 0.25) is 0 Å². The first-order valence-electron chi connectivity index (χ1n) is 10.6. The lowest BCUT2D eigenvalue weighted by Gasteiger charge is -2.25. The molecule has 0 aliphatic heterocycles. The fourth-order valence-corrected chi connectivity index (χ4v) is 5.78. The lowest BCUT2D eigenvalue weighted by atomic mass is 10.3. The van der Waals surface area contributed by atoms with Gasteiger partial charge in [0.1, 0.15) is 23.9 Å². The summed E-state index contributed by atoms with van der Waals surface area (Å²) >= 11 is 0.763. The largest absolute Gasteiger partial charge is 0.431 e. The van der Waals surface area contributed by atoms with E-state index in [2.05, 4.69) is 20.0 Å². The van der Waals surface area contributed by atoms with E-state index in [-0.39, 0.29) is 22.8 Å². The number of ether oxygens (including phenoxy) is 1. The molecule has 3 aromatic rings. The molecule has 12 heteroatoms. The Kier molecular flexibility index (Phi) is 8.61. The number of fused-ring (bicyclic) bond motifs is 1. The van der Waals surface area contributed by atoms with Gasteiger partial charge in [0.25, 0.3) is 0 Å². The quantitative estimate of drug-likeness (QED) is 0.179. The van der Waals surface area contributed by atoms with E-state index in [0.717, 1.165) is 11.4 Å². The van der Waals surface area contributed by atoms with E-state index in [9.17, 15) is 9.67 Å². The predicted molar refractivity (Wildman–Crippen MR) is 134 cm³/mol. The summed E-state index contributed by atoms with van der Waals surface area (Å²) in [4.78, 5) is 12.4. The number of thiol groups is 1. The summed E-state index contributed by atoms with van der Waals surface area (Å²) in [7, 11) is -3.52. The van der Waals surface area contributed by atoms with Crippen LogP contribution in [0.5, 0.6) is 5.75 Å². The molecular formula is C21H31N6O4PS. The number of aliphatic hydroxyl groups excluding tert-OH is 1. The van der Waals surface area contributed by atoms with Crippen LogP contribution in [0.4, 0.5) is 5.82 Å². The number of aliphatic hydroxyl groups is 1. The molecule has 0 fully saturated rings. The molecule has 0 spiro atoms. The first-order valence-corrected chi connectivity index (χ1v) is 13.4. The van der Waals surface area contributed by atoms with Gasteiger partial charge in [-0.2, -0.15) is 11.4 Å². The Morgan fingerprint density at radius 3 is 2.64 bits per heavy atom. The number of nitrogens with one attached hydrogen (secondary N) is 1. The number of nitrogen functional groups attached to an aromatic ring is 1. The van der Waals surface area contributed by atoms with Gasteiger partial charge in [-0.15, -0.1) is 0 Å². The molecule has 4 N–H and O–H groups in total. The lowest BCUT2D eigenvalue weighted by Crippen LogP contribution is -2.34. The maximum absolute atomic E-state index is 13.7. The van der Waals surface area contributed by atoms with Crippen molar-refractivity contribution >= 4 is 40.9 Å². The van der Waals surface area contributed by atoms with Crippen molar-refractivity contribution in [3.8, 4) is 5.75 Å². The van der Waals surface area contributed by atoms with Crippen LogP contribution in [0.1, 0.15) is 27.7 Å². The fourth-order valence-electron chi connectivity index (χ4n) is 3.06. The zero-order valence-electron chi connectivity index (χ0n) is 19.1. The van der Waals surface area contributed by atoms with E-state index < -0.39 is 13.6 Å². The topological polar surface area (TPSA) is 137 Å². The van der Waals surface area contributed by atoms with Gasteiger partial charge in [0.05, 0.1) is 30.1 Å². The molecule has 1 unspecified atom stereocenters. The van der Waals surface area contributed by atoms with Crippen LogP contribution in [0.25, 0.3) is 11.2 Å². The summed E-state index contributed by atoms with van der Waals surface area (Å²) in [5, 5.41) is 13.8. The summed E-state index contributed by atoms with van der Waals surface area (Å²) in [6, 6.07) is 8.34. The van der Waals surface area contributed by atoms with Crippen LogP contribution < -0.4 is 15.3 Å². The van der Waals surface area contributed by atoms with Crippen LogP contribution in [-0.2, 0) is 15.8 Å².